The van der Waals surface area contributed by atoms with Crippen molar-refractivity contribution in [3.05, 3.63) is 21.6 Å². The first-order chi connectivity index (χ1) is 10.2. The first kappa shape index (κ1) is 16.3. The van der Waals surface area contributed by atoms with Crippen molar-refractivity contribution in [2.24, 2.45) is 0 Å². The van der Waals surface area contributed by atoms with Crippen LogP contribution in [0.3, 0.4) is 0 Å². The summed E-state index contributed by atoms with van der Waals surface area (Å²) < 4.78 is 6.31. The van der Waals surface area contributed by atoms with Crippen LogP contribution in [0.2, 0.25) is 5.02 Å². The summed E-state index contributed by atoms with van der Waals surface area (Å²) in [5.74, 6) is 0. The van der Waals surface area contributed by atoms with Gasteiger partial charge in [0.1, 0.15) is 5.02 Å². The number of hydrogen-bond acceptors (Lipinski definition) is 5. The van der Waals surface area contributed by atoms with E-state index >= 15 is 0 Å². The number of nitrogens with zero attached hydrogens (tertiary/aromatic N) is 3. The summed E-state index contributed by atoms with van der Waals surface area (Å²) in [5, 5.41) is 7.90. The lowest BCUT2D eigenvalue weighted by Gasteiger charge is -2.34. The molecule has 1 saturated heterocycles. The maximum Gasteiger partial charge on any atom is 0.287 e. The molecule has 6 nitrogen and oxygen atoms in total. The quantitative estimate of drug-likeness (QED) is 0.853. The van der Waals surface area contributed by atoms with Crippen molar-refractivity contribution >= 4 is 17.3 Å². The van der Waals surface area contributed by atoms with Gasteiger partial charge in [-0.05, 0) is 19.4 Å². The summed E-state index contributed by atoms with van der Waals surface area (Å²) in [6.07, 6.45) is 3.79. The molecule has 1 aliphatic heterocycles. The summed E-state index contributed by atoms with van der Waals surface area (Å²) in [7, 11) is 1.59. The largest absolute Gasteiger partial charge is 0.383 e. The van der Waals surface area contributed by atoms with Crippen molar-refractivity contribution in [1.29, 1.82) is 0 Å². The average molecular weight is 315 g/mol. The zero-order valence-corrected chi connectivity index (χ0v) is 13.4. The second-order valence-corrected chi connectivity index (χ2v) is 5.56. The molecule has 2 heterocycles. The second kappa shape index (κ2) is 7.77. The normalized spacial score (nSPS) is 16.4. The standard InChI is InChI=1S/C14H23ClN4O2/c1-3-16-11-4-6-18(7-5-11)12-10-17-19(8-9-21-2)14(20)13(12)15/h10-11,16H,3-9H2,1-2H3. The molecule has 0 bridgehead atoms. The Kier molecular flexibility index (Phi) is 6.02. The smallest absolute Gasteiger partial charge is 0.287 e. The molecule has 2 rings (SSSR count). The summed E-state index contributed by atoms with van der Waals surface area (Å²) >= 11 is 6.24. The summed E-state index contributed by atoms with van der Waals surface area (Å²) in [4.78, 5) is 14.3. The molecule has 0 aromatic carbocycles. The van der Waals surface area contributed by atoms with Crippen molar-refractivity contribution in [3.8, 4) is 0 Å². The zero-order chi connectivity index (χ0) is 15.2. The molecule has 118 valence electrons. The van der Waals surface area contributed by atoms with Crippen LogP contribution in [-0.2, 0) is 11.3 Å². The zero-order valence-electron chi connectivity index (χ0n) is 12.6. The SMILES string of the molecule is CCNC1CCN(c2cnn(CCOC)c(=O)c2Cl)CC1. The first-order valence-electron chi connectivity index (χ1n) is 7.40. The van der Waals surface area contributed by atoms with Crippen LogP contribution in [0.4, 0.5) is 5.69 Å². The van der Waals surface area contributed by atoms with Crippen LogP contribution < -0.4 is 15.8 Å². The van der Waals surface area contributed by atoms with Gasteiger partial charge in [0.2, 0.25) is 0 Å². The minimum absolute atomic E-state index is 0.250. The number of hydrogen-bond donors (Lipinski definition) is 1. The molecule has 1 fully saturated rings. The third-order valence-corrected chi connectivity index (χ3v) is 4.16. The Labute approximate surface area is 130 Å². The molecule has 0 aliphatic carbocycles. The van der Waals surface area contributed by atoms with E-state index < -0.39 is 0 Å². The number of halogens is 1. The van der Waals surface area contributed by atoms with Crippen LogP contribution in [0.15, 0.2) is 11.0 Å². The highest BCUT2D eigenvalue weighted by Crippen LogP contribution is 2.24. The van der Waals surface area contributed by atoms with Gasteiger partial charge >= 0.3 is 0 Å². The monoisotopic (exact) mass is 314 g/mol. The van der Waals surface area contributed by atoms with E-state index in [4.69, 9.17) is 16.3 Å². The van der Waals surface area contributed by atoms with Gasteiger partial charge in [-0.15, -0.1) is 0 Å². The highest BCUT2D eigenvalue weighted by atomic mass is 35.5. The molecule has 0 radical (unpaired) electrons. The van der Waals surface area contributed by atoms with Crippen molar-refractivity contribution in [1.82, 2.24) is 15.1 Å². The topological polar surface area (TPSA) is 59.4 Å². The maximum atomic E-state index is 12.2. The lowest BCUT2D eigenvalue weighted by atomic mass is 10.0. The van der Waals surface area contributed by atoms with Gasteiger partial charge in [-0.25, -0.2) is 4.68 Å². The van der Waals surface area contributed by atoms with Crippen molar-refractivity contribution in [2.45, 2.75) is 32.4 Å². The van der Waals surface area contributed by atoms with Crippen molar-refractivity contribution in [2.75, 3.05) is 38.3 Å². The number of aromatic nitrogens is 2. The fourth-order valence-electron chi connectivity index (χ4n) is 2.63. The van der Waals surface area contributed by atoms with Gasteiger partial charge in [0, 0.05) is 26.2 Å². The van der Waals surface area contributed by atoms with E-state index in [-0.39, 0.29) is 10.6 Å². The number of rotatable bonds is 6. The highest BCUT2D eigenvalue weighted by molar-refractivity contribution is 6.33. The van der Waals surface area contributed by atoms with Gasteiger partial charge in [-0.1, -0.05) is 18.5 Å². The number of anilines is 1. The van der Waals surface area contributed by atoms with Crippen LogP contribution in [0.25, 0.3) is 0 Å². The van der Waals surface area contributed by atoms with Crippen LogP contribution in [0.1, 0.15) is 19.8 Å². The molecule has 0 spiro atoms. The molecule has 1 aromatic rings. The Morgan fingerprint density at radius 2 is 2.19 bits per heavy atom. The molecule has 1 N–H and O–H groups in total. The predicted octanol–water partition coefficient (Wildman–Crippen LogP) is 1.12. The molecule has 1 aliphatic rings. The first-order valence-corrected chi connectivity index (χ1v) is 7.78. The molecule has 1 aromatic heterocycles. The van der Waals surface area contributed by atoms with Crippen LogP contribution in [0.5, 0.6) is 0 Å². The minimum Gasteiger partial charge on any atom is -0.383 e. The third-order valence-electron chi connectivity index (χ3n) is 3.80. The second-order valence-electron chi connectivity index (χ2n) is 5.18. The molecule has 0 amide bonds. The Balaban J connectivity index is 2.08. The van der Waals surface area contributed by atoms with Crippen molar-refractivity contribution < 1.29 is 4.74 Å². The lowest BCUT2D eigenvalue weighted by molar-refractivity contribution is 0.182. The Hall–Kier alpha value is -1.11. The van der Waals surface area contributed by atoms with E-state index in [2.05, 4.69) is 22.2 Å². The Morgan fingerprint density at radius 1 is 1.48 bits per heavy atom. The van der Waals surface area contributed by atoms with Gasteiger partial charge in [-0.3, -0.25) is 4.79 Å². The van der Waals surface area contributed by atoms with Crippen LogP contribution in [-0.4, -0.2) is 49.2 Å². The van der Waals surface area contributed by atoms with Gasteiger partial charge in [0.25, 0.3) is 5.56 Å². The molecule has 7 heteroatoms. The molecular formula is C14H23ClN4O2. The van der Waals surface area contributed by atoms with E-state index in [1.54, 1.807) is 13.3 Å². The summed E-state index contributed by atoms with van der Waals surface area (Å²) in [6.45, 7) is 5.74. The van der Waals surface area contributed by atoms with E-state index in [0.29, 0.717) is 19.2 Å². The van der Waals surface area contributed by atoms with Crippen LogP contribution >= 0.6 is 11.6 Å². The van der Waals surface area contributed by atoms with Crippen molar-refractivity contribution in [3.63, 3.8) is 0 Å². The van der Waals surface area contributed by atoms with Gasteiger partial charge in [-0.2, -0.15) is 5.10 Å². The summed E-state index contributed by atoms with van der Waals surface area (Å²) in [6, 6.07) is 0.556. The summed E-state index contributed by atoms with van der Waals surface area (Å²) in [5.41, 5.74) is 0.491. The number of methoxy groups -OCH3 is 1. The predicted molar refractivity (Wildman–Crippen MR) is 84.3 cm³/mol. The van der Waals surface area contributed by atoms with E-state index in [1.165, 1.54) is 4.68 Å². The number of nitrogens with one attached hydrogen (secondary N) is 1. The molecule has 0 saturated carbocycles. The molecule has 21 heavy (non-hydrogen) atoms. The Bertz CT molecular complexity index is 512. The third kappa shape index (κ3) is 3.96. The highest BCUT2D eigenvalue weighted by Gasteiger charge is 2.22. The molecular weight excluding hydrogens is 292 g/mol. The fourth-order valence-corrected chi connectivity index (χ4v) is 2.89. The van der Waals surface area contributed by atoms with Crippen LogP contribution in [0, 0.1) is 0 Å². The fraction of sp³-hybridized carbons (Fsp3) is 0.714. The van der Waals surface area contributed by atoms with E-state index in [9.17, 15) is 4.79 Å². The van der Waals surface area contributed by atoms with Gasteiger partial charge < -0.3 is 15.0 Å². The molecule has 0 unspecified atom stereocenters. The van der Waals surface area contributed by atoms with Gasteiger partial charge in [0.15, 0.2) is 0 Å². The number of ether oxygens (including phenoxy) is 1. The molecule has 0 atom stereocenters. The Morgan fingerprint density at radius 3 is 2.81 bits per heavy atom. The van der Waals surface area contributed by atoms with E-state index in [0.717, 1.165) is 38.2 Å². The average Bonchev–Trinajstić information content (AvgIpc) is 2.50. The number of piperidine rings is 1. The maximum absolute atomic E-state index is 12.2. The van der Waals surface area contributed by atoms with E-state index in [1.807, 2.05) is 0 Å². The lowest BCUT2D eigenvalue weighted by Crippen LogP contribution is -2.43. The minimum atomic E-state index is -0.250. The van der Waals surface area contributed by atoms with Gasteiger partial charge in [0.05, 0.1) is 25.0 Å².